The van der Waals surface area contributed by atoms with E-state index in [0.29, 0.717) is 5.69 Å². The Morgan fingerprint density at radius 1 is 0.973 bits per heavy atom. The van der Waals surface area contributed by atoms with E-state index in [1.165, 1.54) is 9.75 Å². The van der Waals surface area contributed by atoms with Crippen molar-refractivity contribution in [2.75, 3.05) is 5.32 Å². The highest BCUT2D eigenvalue weighted by molar-refractivity contribution is 7.15. The maximum atomic E-state index is 12.5. The maximum Gasteiger partial charge on any atom is 0.229 e. The molecule has 1 amide bonds. The Hall–Kier alpha value is -4.30. The van der Waals surface area contributed by atoms with Crippen LogP contribution < -0.4 is 5.32 Å². The molecule has 37 heavy (non-hydrogen) atoms. The molecule has 1 aromatic carbocycles. The Morgan fingerprint density at radius 2 is 1.84 bits per heavy atom. The van der Waals surface area contributed by atoms with Gasteiger partial charge in [-0.1, -0.05) is 26.8 Å². The lowest BCUT2D eigenvalue weighted by molar-refractivity contribution is -0.123. The molecular formula is C29H26N6OS. The van der Waals surface area contributed by atoms with Crippen molar-refractivity contribution >= 4 is 44.9 Å². The van der Waals surface area contributed by atoms with Gasteiger partial charge in [-0.05, 0) is 55.0 Å². The van der Waals surface area contributed by atoms with Gasteiger partial charge in [-0.15, -0.1) is 11.3 Å². The fraction of sp³-hybridized carbons (Fsp3) is 0.172. The second-order valence-electron chi connectivity index (χ2n) is 10.2. The summed E-state index contributed by atoms with van der Waals surface area (Å²) in [7, 11) is 0. The predicted octanol–water partition coefficient (Wildman–Crippen LogP) is 7.19. The van der Waals surface area contributed by atoms with Gasteiger partial charge in [-0.2, -0.15) is 5.10 Å². The lowest BCUT2D eigenvalue weighted by Gasteiger charge is -2.17. The number of carbonyl (C=O) groups is 1. The molecule has 5 heterocycles. The third-order valence-electron chi connectivity index (χ3n) is 6.37. The number of thiophene rings is 1. The van der Waals surface area contributed by atoms with E-state index < -0.39 is 5.41 Å². The van der Waals surface area contributed by atoms with Crippen molar-refractivity contribution in [1.82, 2.24) is 25.1 Å². The van der Waals surface area contributed by atoms with Gasteiger partial charge in [0, 0.05) is 49.5 Å². The van der Waals surface area contributed by atoms with Gasteiger partial charge in [0.25, 0.3) is 0 Å². The van der Waals surface area contributed by atoms with Gasteiger partial charge in [0.1, 0.15) is 11.3 Å². The van der Waals surface area contributed by atoms with Gasteiger partial charge in [-0.25, -0.2) is 4.98 Å². The fourth-order valence-corrected chi connectivity index (χ4v) is 5.24. The highest BCUT2D eigenvalue weighted by atomic mass is 32.1. The molecule has 0 bridgehead atoms. The number of fused-ring (bicyclic) bond motifs is 2. The van der Waals surface area contributed by atoms with Crippen LogP contribution in [0.4, 0.5) is 5.69 Å². The molecule has 6 aromatic rings. The summed E-state index contributed by atoms with van der Waals surface area (Å²) >= 11 is 1.77. The number of aryl methyl sites for hydroxylation is 1. The third kappa shape index (κ3) is 4.29. The summed E-state index contributed by atoms with van der Waals surface area (Å²) in [5.74, 6) is -0.0523. The van der Waals surface area contributed by atoms with Crippen LogP contribution in [0.15, 0.2) is 67.1 Å². The molecule has 0 radical (unpaired) electrons. The van der Waals surface area contributed by atoms with Gasteiger partial charge in [0.2, 0.25) is 5.91 Å². The molecule has 3 N–H and O–H groups in total. The second-order valence-corrected chi connectivity index (χ2v) is 11.5. The molecule has 0 aliphatic carbocycles. The van der Waals surface area contributed by atoms with Crippen molar-refractivity contribution < 1.29 is 4.79 Å². The average Bonchev–Trinajstić information content (AvgIpc) is 3.60. The average molecular weight is 507 g/mol. The standard InChI is InChI=1S/C29H26N6OS/c1-16-5-8-25(37-16)20-9-10-31-27-21(20)13-24(33-27)26-22-12-17(6-7-23(22)34-35-26)18-11-19(15-30-14-18)32-28(36)29(2,3)4/h5-15H,1-4H3,(H,31,33)(H,32,36)(H,34,35). The zero-order valence-electron chi connectivity index (χ0n) is 21.0. The summed E-state index contributed by atoms with van der Waals surface area (Å²) in [6, 6.07) is 16.6. The molecule has 8 heteroatoms. The van der Waals surface area contributed by atoms with Crippen molar-refractivity contribution in [2.24, 2.45) is 5.41 Å². The minimum absolute atomic E-state index is 0.0523. The van der Waals surface area contributed by atoms with E-state index in [9.17, 15) is 4.79 Å². The van der Waals surface area contributed by atoms with Crippen LogP contribution in [0, 0.1) is 12.3 Å². The zero-order chi connectivity index (χ0) is 25.7. The number of nitrogens with zero attached hydrogens (tertiary/aromatic N) is 3. The number of carbonyl (C=O) groups excluding carboxylic acids is 1. The van der Waals surface area contributed by atoms with E-state index in [-0.39, 0.29) is 5.91 Å². The van der Waals surface area contributed by atoms with E-state index in [0.717, 1.165) is 50.0 Å². The lowest BCUT2D eigenvalue weighted by Crippen LogP contribution is -2.27. The number of pyridine rings is 2. The van der Waals surface area contributed by atoms with E-state index in [4.69, 9.17) is 0 Å². The molecule has 0 saturated heterocycles. The van der Waals surface area contributed by atoms with Gasteiger partial charge in [0.15, 0.2) is 0 Å². The summed E-state index contributed by atoms with van der Waals surface area (Å²) in [5, 5.41) is 12.8. The normalized spacial score (nSPS) is 11.9. The first-order chi connectivity index (χ1) is 17.8. The van der Waals surface area contributed by atoms with Gasteiger partial charge < -0.3 is 10.3 Å². The molecule has 5 aromatic heterocycles. The van der Waals surface area contributed by atoms with Crippen LogP contribution in [0.2, 0.25) is 0 Å². The Balaban J connectivity index is 1.40. The van der Waals surface area contributed by atoms with E-state index in [1.54, 1.807) is 23.7 Å². The minimum atomic E-state index is -0.489. The Morgan fingerprint density at radius 3 is 2.62 bits per heavy atom. The number of hydrogen-bond acceptors (Lipinski definition) is 5. The number of anilines is 1. The molecule has 0 fully saturated rings. The maximum absolute atomic E-state index is 12.5. The summed E-state index contributed by atoms with van der Waals surface area (Å²) in [6.07, 6.45) is 5.31. The first kappa shape index (κ1) is 23.1. The van der Waals surface area contributed by atoms with Crippen LogP contribution in [0.1, 0.15) is 25.6 Å². The molecule has 0 unspecified atom stereocenters. The van der Waals surface area contributed by atoms with Crippen molar-refractivity contribution in [1.29, 1.82) is 0 Å². The number of H-pyrrole nitrogens is 2. The molecule has 0 saturated carbocycles. The van der Waals surface area contributed by atoms with Crippen molar-refractivity contribution in [2.45, 2.75) is 27.7 Å². The molecule has 0 spiro atoms. The van der Waals surface area contributed by atoms with Crippen molar-refractivity contribution in [3.05, 3.63) is 72.0 Å². The number of benzene rings is 1. The van der Waals surface area contributed by atoms with Crippen LogP contribution >= 0.6 is 11.3 Å². The van der Waals surface area contributed by atoms with E-state index >= 15 is 0 Å². The number of aromatic nitrogens is 5. The summed E-state index contributed by atoms with van der Waals surface area (Å²) in [6.45, 7) is 7.78. The molecule has 7 nitrogen and oxygen atoms in total. The molecule has 184 valence electrons. The quantitative estimate of drug-likeness (QED) is 0.236. The number of rotatable bonds is 4. The van der Waals surface area contributed by atoms with Crippen LogP contribution in [-0.4, -0.2) is 31.1 Å². The summed E-state index contributed by atoms with van der Waals surface area (Å²) < 4.78 is 0. The van der Waals surface area contributed by atoms with E-state index in [2.05, 4.69) is 67.7 Å². The summed E-state index contributed by atoms with van der Waals surface area (Å²) in [5.41, 5.74) is 6.73. The number of amides is 1. The lowest BCUT2D eigenvalue weighted by atomic mass is 9.95. The molecular weight excluding hydrogens is 480 g/mol. The van der Waals surface area contributed by atoms with E-state index in [1.807, 2.05) is 45.2 Å². The monoisotopic (exact) mass is 506 g/mol. The number of nitrogens with one attached hydrogen (secondary N) is 3. The Kier molecular flexibility index (Phi) is 5.42. The Labute approximate surface area is 218 Å². The first-order valence-electron chi connectivity index (χ1n) is 12.1. The largest absolute Gasteiger partial charge is 0.338 e. The zero-order valence-corrected chi connectivity index (χ0v) is 21.8. The third-order valence-corrected chi connectivity index (χ3v) is 7.40. The van der Waals surface area contributed by atoms with Crippen LogP contribution in [0.25, 0.3) is 54.9 Å². The smallest absolute Gasteiger partial charge is 0.229 e. The highest BCUT2D eigenvalue weighted by Crippen LogP contribution is 2.36. The topological polar surface area (TPSA) is 99.3 Å². The molecule has 0 aliphatic rings. The van der Waals surface area contributed by atoms with Crippen molar-refractivity contribution in [3.8, 4) is 33.0 Å². The predicted molar refractivity (Wildman–Crippen MR) is 151 cm³/mol. The minimum Gasteiger partial charge on any atom is -0.338 e. The molecule has 0 atom stereocenters. The van der Waals surface area contributed by atoms with Gasteiger partial charge >= 0.3 is 0 Å². The highest BCUT2D eigenvalue weighted by Gasteiger charge is 2.21. The van der Waals surface area contributed by atoms with Crippen LogP contribution in [-0.2, 0) is 4.79 Å². The van der Waals surface area contributed by atoms with Crippen molar-refractivity contribution in [3.63, 3.8) is 0 Å². The Bertz CT molecular complexity index is 1790. The van der Waals surface area contributed by atoms with Gasteiger partial charge in [0.05, 0.1) is 23.1 Å². The fourth-order valence-electron chi connectivity index (χ4n) is 4.33. The summed E-state index contributed by atoms with van der Waals surface area (Å²) in [4.78, 5) is 27.3. The number of hydrogen-bond donors (Lipinski definition) is 3. The van der Waals surface area contributed by atoms with Crippen LogP contribution in [0.3, 0.4) is 0 Å². The first-order valence-corrected chi connectivity index (χ1v) is 12.9. The van der Waals surface area contributed by atoms with Crippen LogP contribution in [0.5, 0.6) is 0 Å². The second kappa shape index (κ2) is 8.67. The van der Waals surface area contributed by atoms with Gasteiger partial charge in [-0.3, -0.25) is 14.9 Å². The molecule has 6 rings (SSSR count). The SMILES string of the molecule is Cc1ccc(-c2ccnc3[nH]c(-c4n[nH]c5ccc(-c6cncc(NC(=O)C(C)(C)C)c6)cc45)cc23)s1. The number of aromatic amines is 2. The molecule has 0 aliphatic heterocycles.